The second kappa shape index (κ2) is 8.11. The standard InChI is InChI=1S/C20H22F2N6OS/c1-28-17(10-4-2-5-11(23)8-10)14(9-25-28)26-19(29)16-18(24)30-20(27-16)15-12(21)6-3-7-13(15)22/h3,6-7,9-11H,2,4-5,8,23-24H2,1H3,(H,26,29)/t10-,11+/m0/s1. The molecule has 7 nitrogen and oxygen atoms in total. The molecule has 0 aliphatic heterocycles. The van der Waals surface area contributed by atoms with Crippen LogP contribution in [0.15, 0.2) is 24.4 Å². The molecule has 1 amide bonds. The van der Waals surface area contributed by atoms with Crippen LogP contribution in [-0.4, -0.2) is 26.7 Å². The minimum absolute atomic E-state index is 0.0120. The predicted molar refractivity (Wildman–Crippen MR) is 112 cm³/mol. The SMILES string of the molecule is Cn1ncc(NC(=O)c2nc(-c3c(F)cccc3F)sc2N)c1[C@H]1CCC[C@@H](N)C1. The minimum Gasteiger partial charge on any atom is -0.389 e. The molecule has 0 bridgehead atoms. The molecule has 5 N–H and O–H groups in total. The number of nitrogen functional groups attached to an aromatic ring is 1. The molecule has 3 aromatic rings. The van der Waals surface area contributed by atoms with Crippen molar-refractivity contribution in [2.45, 2.75) is 37.6 Å². The van der Waals surface area contributed by atoms with E-state index in [9.17, 15) is 13.6 Å². The van der Waals surface area contributed by atoms with E-state index < -0.39 is 17.5 Å². The van der Waals surface area contributed by atoms with E-state index in [1.165, 1.54) is 6.07 Å². The van der Waals surface area contributed by atoms with Crippen LogP contribution >= 0.6 is 11.3 Å². The van der Waals surface area contributed by atoms with E-state index in [1.54, 1.807) is 10.9 Å². The highest BCUT2D eigenvalue weighted by molar-refractivity contribution is 7.19. The van der Waals surface area contributed by atoms with Crippen molar-refractivity contribution < 1.29 is 13.6 Å². The Morgan fingerprint density at radius 3 is 2.73 bits per heavy atom. The first-order chi connectivity index (χ1) is 14.3. The molecule has 0 unspecified atom stereocenters. The molecule has 0 radical (unpaired) electrons. The van der Waals surface area contributed by atoms with Crippen molar-refractivity contribution in [2.75, 3.05) is 11.1 Å². The van der Waals surface area contributed by atoms with Gasteiger partial charge >= 0.3 is 0 Å². The lowest BCUT2D eigenvalue weighted by atomic mass is 9.83. The number of aromatic nitrogens is 3. The van der Waals surface area contributed by atoms with Gasteiger partial charge in [-0.15, -0.1) is 0 Å². The Bertz CT molecular complexity index is 1070. The monoisotopic (exact) mass is 432 g/mol. The molecule has 1 aromatic carbocycles. The topological polar surface area (TPSA) is 112 Å². The van der Waals surface area contributed by atoms with Gasteiger partial charge in [-0.25, -0.2) is 13.8 Å². The molecule has 0 spiro atoms. The van der Waals surface area contributed by atoms with Crippen LogP contribution in [0.25, 0.3) is 10.6 Å². The van der Waals surface area contributed by atoms with Gasteiger partial charge in [0.05, 0.1) is 23.1 Å². The van der Waals surface area contributed by atoms with E-state index in [2.05, 4.69) is 15.4 Å². The van der Waals surface area contributed by atoms with Crippen molar-refractivity contribution in [3.63, 3.8) is 0 Å². The Labute approximate surface area is 176 Å². The molecule has 1 saturated carbocycles. The molecule has 1 aliphatic carbocycles. The third kappa shape index (κ3) is 3.80. The highest BCUT2D eigenvalue weighted by Gasteiger charge is 2.28. The van der Waals surface area contributed by atoms with Gasteiger partial charge in [0, 0.05) is 19.0 Å². The van der Waals surface area contributed by atoms with Crippen molar-refractivity contribution >= 4 is 27.9 Å². The van der Waals surface area contributed by atoms with Crippen LogP contribution in [-0.2, 0) is 7.05 Å². The number of thiazole rings is 1. The van der Waals surface area contributed by atoms with Crippen molar-refractivity contribution in [3.05, 3.63) is 47.4 Å². The van der Waals surface area contributed by atoms with Gasteiger partial charge in [-0.3, -0.25) is 9.48 Å². The average molecular weight is 433 g/mol. The molecule has 10 heteroatoms. The second-order valence-electron chi connectivity index (χ2n) is 7.47. The smallest absolute Gasteiger partial charge is 0.277 e. The maximum atomic E-state index is 14.1. The number of halogens is 2. The van der Waals surface area contributed by atoms with E-state index in [1.807, 2.05) is 7.05 Å². The molecule has 2 aromatic heterocycles. The number of nitrogens with two attached hydrogens (primary N) is 2. The molecule has 0 saturated heterocycles. The van der Waals surface area contributed by atoms with E-state index in [0.717, 1.165) is 54.8 Å². The molecular weight excluding hydrogens is 410 g/mol. The van der Waals surface area contributed by atoms with Gasteiger partial charge < -0.3 is 16.8 Å². The average Bonchev–Trinajstić information content (AvgIpc) is 3.24. The lowest BCUT2D eigenvalue weighted by molar-refractivity contribution is 0.102. The first kappa shape index (κ1) is 20.4. The zero-order valence-corrected chi connectivity index (χ0v) is 17.2. The summed E-state index contributed by atoms with van der Waals surface area (Å²) >= 11 is 0.861. The molecule has 2 atom stereocenters. The number of nitrogens with one attached hydrogen (secondary N) is 1. The normalized spacial score (nSPS) is 19.1. The molecule has 30 heavy (non-hydrogen) atoms. The van der Waals surface area contributed by atoms with Crippen LogP contribution in [0.3, 0.4) is 0 Å². The zero-order chi connectivity index (χ0) is 21.4. The van der Waals surface area contributed by atoms with Crippen LogP contribution in [0.4, 0.5) is 19.5 Å². The fourth-order valence-corrected chi connectivity index (χ4v) is 4.87. The lowest BCUT2D eigenvalue weighted by Gasteiger charge is -2.27. The van der Waals surface area contributed by atoms with E-state index in [-0.39, 0.29) is 33.2 Å². The maximum absolute atomic E-state index is 14.1. The third-order valence-corrected chi connectivity index (χ3v) is 6.28. The van der Waals surface area contributed by atoms with Gasteiger partial charge in [0.25, 0.3) is 5.91 Å². The predicted octanol–water partition coefficient (Wildman–Crippen LogP) is 3.64. The number of aryl methyl sites for hydroxylation is 1. The first-order valence-electron chi connectivity index (χ1n) is 9.64. The van der Waals surface area contributed by atoms with Gasteiger partial charge in [0.1, 0.15) is 21.6 Å². The minimum atomic E-state index is -0.765. The fraction of sp³-hybridized carbons (Fsp3) is 0.350. The summed E-state index contributed by atoms with van der Waals surface area (Å²) < 4.78 is 29.9. The molecule has 4 rings (SSSR count). The highest BCUT2D eigenvalue weighted by atomic mass is 32.1. The van der Waals surface area contributed by atoms with Gasteiger partial charge in [-0.2, -0.15) is 5.10 Å². The second-order valence-corrected chi connectivity index (χ2v) is 8.50. The van der Waals surface area contributed by atoms with Crippen LogP contribution in [0.5, 0.6) is 0 Å². The third-order valence-electron chi connectivity index (χ3n) is 5.38. The summed E-state index contributed by atoms with van der Waals surface area (Å²) in [6.45, 7) is 0. The van der Waals surface area contributed by atoms with Crippen LogP contribution < -0.4 is 16.8 Å². The number of benzene rings is 1. The zero-order valence-electron chi connectivity index (χ0n) is 16.4. The Morgan fingerprint density at radius 2 is 2.03 bits per heavy atom. The van der Waals surface area contributed by atoms with Crippen LogP contribution in [0.2, 0.25) is 0 Å². The number of anilines is 2. The molecule has 158 valence electrons. The Kier molecular flexibility index (Phi) is 5.52. The largest absolute Gasteiger partial charge is 0.389 e. The Morgan fingerprint density at radius 1 is 1.30 bits per heavy atom. The molecule has 1 fully saturated rings. The van der Waals surface area contributed by atoms with Gasteiger partial charge in [-0.1, -0.05) is 23.8 Å². The molecular formula is C20H22F2N6OS. The Hall–Kier alpha value is -2.85. The number of hydrogen-bond donors (Lipinski definition) is 3. The van der Waals surface area contributed by atoms with Crippen LogP contribution in [0, 0.1) is 11.6 Å². The van der Waals surface area contributed by atoms with E-state index in [0.29, 0.717) is 5.69 Å². The number of rotatable bonds is 4. The number of nitrogens with zero attached hydrogens (tertiary/aromatic N) is 3. The molecule has 1 aliphatic rings. The first-order valence-corrected chi connectivity index (χ1v) is 10.5. The summed E-state index contributed by atoms with van der Waals surface area (Å²) in [7, 11) is 1.82. The summed E-state index contributed by atoms with van der Waals surface area (Å²) in [5, 5.41) is 7.17. The van der Waals surface area contributed by atoms with E-state index >= 15 is 0 Å². The highest BCUT2D eigenvalue weighted by Crippen LogP contribution is 2.37. The summed E-state index contributed by atoms with van der Waals surface area (Å²) in [6, 6.07) is 3.65. The summed E-state index contributed by atoms with van der Waals surface area (Å²) in [5.41, 5.74) is 13.2. The number of carbonyl (C=O) groups excluding carboxylic acids is 1. The van der Waals surface area contributed by atoms with Crippen molar-refractivity contribution in [2.24, 2.45) is 12.8 Å². The fourth-order valence-electron chi connectivity index (χ4n) is 3.99. The summed E-state index contributed by atoms with van der Waals surface area (Å²) in [6.07, 6.45) is 5.36. The van der Waals surface area contributed by atoms with Gasteiger partial charge in [-0.05, 0) is 31.4 Å². The van der Waals surface area contributed by atoms with Crippen molar-refractivity contribution in [3.8, 4) is 10.6 Å². The lowest BCUT2D eigenvalue weighted by Crippen LogP contribution is -2.28. The van der Waals surface area contributed by atoms with Crippen molar-refractivity contribution in [1.82, 2.24) is 14.8 Å². The number of carbonyl (C=O) groups is 1. The quantitative estimate of drug-likeness (QED) is 0.583. The Balaban J connectivity index is 1.61. The van der Waals surface area contributed by atoms with Gasteiger partial charge in [0.15, 0.2) is 5.69 Å². The number of amides is 1. The summed E-state index contributed by atoms with van der Waals surface area (Å²) in [4.78, 5) is 17.0. The number of hydrogen-bond acceptors (Lipinski definition) is 6. The van der Waals surface area contributed by atoms with Gasteiger partial charge in [0.2, 0.25) is 0 Å². The summed E-state index contributed by atoms with van der Waals surface area (Å²) in [5.74, 6) is -1.90. The van der Waals surface area contributed by atoms with E-state index in [4.69, 9.17) is 11.5 Å². The molecule has 2 heterocycles. The van der Waals surface area contributed by atoms with Crippen molar-refractivity contribution in [1.29, 1.82) is 0 Å². The maximum Gasteiger partial charge on any atom is 0.277 e. The van der Waals surface area contributed by atoms with Crippen LogP contribution in [0.1, 0.15) is 47.8 Å².